The first-order valence-corrected chi connectivity index (χ1v) is 7.68. The quantitative estimate of drug-likeness (QED) is 0.637. The fraction of sp³-hybridized carbons (Fsp3) is 0.0588. The van der Waals surface area contributed by atoms with Gasteiger partial charge in [0.25, 0.3) is 0 Å². The summed E-state index contributed by atoms with van der Waals surface area (Å²) in [6.07, 6.45) is -0.277. The van der Waals surface area contributed by atoms with Gasteiger partial charge in [0.1, 0.15) is 0 Å². The molecule has 0 radical (unpaired) electrons. The summed E-state index contributed by atoms with van der Waals surface area (Å²) in [5.41, 5.74) is 2.25. The average molecular weight is 364 g/mol. The van der Waals surface area contributed by atoms with Gasteiger partial charge >= 0.3 is 11.9 Å². The Morgan fingerprint density at radius 1 is 1.08 bits per heavy atom. The molecule has 122 valence electrons. The van der Waals surface area contributed by atoms with Crippen molar-refractivity contribution in [3.63, 3.8) is 0 Å². The predicted octanol–water partition coefficient (Wildman–Crippen LogP) is 4.47. The van der Waals surface area contributed by atoms with Gasteiger partial charge in [0, 0.05) is 16.5 Å². The van der Waals surface area contributed by atoms with Crippen molar-refractivity contribution in [1.29, 1.82) is 0 Å². The van der Waals surface area contributed by atoms with Gasteiger partial charge in [-0.05, 0) is 29.8 Å². The zero-order chi connectivity index (χ0) is 17.4. The summed E-state index contributed by atoms with van der Waals surface area (Å²) in [6.45, 7) is 0. The number of aromatic nitrogens is 1. The Kier molecular flexibility index (Phi) is 4.22. The maximum Gasteiger partial charge on any atom is 0.335 e. The highest BCUT2D eigenvalue weighted by Gasteiger charge is 2.19. The van der Waals surface area contributed by atoms with Crippen molar-refractivity contribution in [3.05, 3.63) is 57.6 Å². The Labute approximate surface area is 146 Å². The number of carboxylic acid groups (broad SMARTS) is 2. The van der Waals surface area contributed by atoms with E-state index < -0.39 is 11.9 Å². The van der Waals surface area contributed by atoms with Gasteiger partial charge in [0.2, 0.25) is 0 Å². The molecule has 2 aromatic carbocycles. The summed E-state index contributed by atoms with van der Waals surface area (Å²) in [5, 5.41) is 19.6. The number of hydrogen-bond donors (Lipinski definition) is 3. The number of nitrogens with one attached hydrogen (secondary N) is 1. The second kappa shape index (κ2) is 6.19. The Bertz CT molecular complexity index is 978. The molecule has 0 aliphatic heterocycles. The number of H-pyrrole nitrogens is 1. The lowest BCUT2D eigenvalue weighted by molar-refractivity contribution is -0.136. The SMILES string of the molecule is O=C(O)Cc1c(-c2cccc(Cl)c2Cl)[nH]c2ccc(C(=O)O)cc12. The maximum atomic E-state index is 11.3. The third-order valence-electron chi connectivity index (χ3n) is 3.70. The highest BCUT2D eigenvalue weighted by molar-refractivity contribution is 6.43. The normalized spacial score (nSPS) is 10.9. The zero-order valence-corrected chi connectivity index (χ0v) is 13.6. The van der Waals surface area contributed by atoms with E-state index in [1.165, 1.54) is 12.1 Å². The van der Waals surface area contributed by atoms with Gasteiger partial charge in [0.15, 0.2) is 0 Å². The summed E-state index contributed by atoms with van der Waals surface area (Å²) >= 11 is 12.3. The van der Waals surface area contributed by atoms with Crippen LogP contribution in [0.15, 0.2) is 36.4 Å². The Balaban J connectivity index is 2.32. The van der Waals surface area contributed by atoms with Crippen LogP contribution >= 0.6 is 23.2 Å². The van der Waals surface area contributed by atoms with Crippen LogP contribution in [0.4, 0.5) is 0 Å². The highest BCUT2D eigenvalue weighted by Crippen LogP contribution is 2.38. The Hall–Kier alpha value is -2.50. The third-order valence-corrected chi connectivity index (χ3v) is 4.52. The fourth-order valence-electron chi connectivity index (χ4n) is 2.64. The van der Waals surface area contributed by atoms with E-state index in [0.29, 0.717) is 37.8 Å². The fourth-order valence-corrected chi connectivity index (χ4v) is 3.04. The van der Waals surface area contributed by atoms with Crippen molar-refractivity contribution < 1.29 is 19.8 Å². The molecule has 0 bridgehead atoms. The van der Waals surface area contributed by atoms with Crippen molar-refractivity contribution in [1.82, 2.24) is 4.98 Å². The van der Waals surface area contributed by atoms with Gasteiger partial charge < -0.3 is 15.2 Å². The number of aromatic carboxylic acids is 1. The predicted molar refractivity (Wildman–Crippen MR) is 92.1 cm³/mol. The van der Waals surface area contributed by atoms with Crippen LogP contribution < -0.4 is 0 Å². The Morgan fingerprint density at radius 3 is 2.50 bits per heavy atom. The van der Waals surface area contributed by atoms with Crippen molar-refractivity contribution in [2.75, 3.05) is 0 Å². The molecule has 3 rings (SSSR count). The molecule has 0 saturated heterocycles. The number of benzene rings is 2. The summed E-state index contributed by atoms with van der Waals surface area (Å²) in [7, 11) is 0. The molecule has 24 heavy (non-hydrogen) atoms. The number of carboxylic acids is 2. The number of aliphatic carboxylic acids is 1. The average Bonchev–Trinajstić information content (AvgIpc) is 2.87. The number of halogens is 2. The molecule has 0 aliphatic carbocycles. The van der Waals surface area contributed by atoms with E-state index in [0.717, 1.165) is 0 Å². The van der Waals surface area contributed by atoms with Crippen molar-refractivity contribution in [2.24, 2.45) is 0 Å². The number of carbonyl (C=O) groups is 2. The van der Waals surface area contributed by atoms with Gasteiger partial charge in [-0.25, -0.2) is 4.79 Å². The smallest absolute Gasteiger partial charge is 0.335 e. The summed E-state index contributed by atoms with van der Waals surface area (Å²) < 4.78 is 0. The van der Waals surface area contributed by atoms with Crippen LogP contribution in [-0.4, -0.2) is 27.1 Å². The summed E-state index contributed by atoms with van der Waals surface area (Å²) in [5.74, 6) is -2.11. The molecule has 0 amide bonds. The number of fused-ring (bicyclic) bond motifs is 1. The molecule has 0 unspecified atom stereocenters. The van der Waals surface area contributed by atoms with Crippen LogP contribution in [0.3, 0.4) is 0 Å². The number of rotatable bonds is 4. The first-order chi connectivity index (χ1) is 11.4. The zero-order valence-electron chi connectivity index (χ0n) is 12.1. The topological polar surface area (TPSA) is 90.4 Å². The minimum atomic E-state index is -1.08. The monoisotopic (exact) mass is 363 g/mol. The van der Waals surface area contributed by atoms with Crippen LogP contribution in [0, 0.1) is 0 Å². The van der Waals surface area contributed by atoms with Gasteiger partial charge in [-0.2, -0.15) is 0 Å². The van der Waals surface area contributed by atoms with Crippen molar-refractivity contribution in [2.45, 2.75) is 6.42 Å². The largest absolute Gasteiger partial charge is 0.481 e. The van der Waals surface area contributed by atoms with Crippen molar-refractivity contribution >= 4 is 46.0 Å². The lowest BCUT2D eigenvalue weighted by atomic mass is 10.0. The highest BCUT2D eigenvalue weighted by atomic mass is 35.5. The van der Waals surface area contributed by atoms with Gasteiger partial charge in [-0.1, -0.05) is 35.3 Å². The molecule has 0 saturated carbocycles. The molecule has 1 aromatic heterocycles. The summed E-state index contributed by atoms with van der Waals surface area (Å²) in [4.78, 5) is 25.6. The van der Waals surface area contributed by atoms with Crippen LogP contribution in [0.1, 0.15) is 15.9 Å². The van der Waals surface area contributed by atoms with Crippen molar-refractivity contribution in [3.8, 4) is 11.3 Å². The molecule has 0 fully saturated rings. The van der Waals surface area contributed by atoms with E-state index >= 15 is 0 Å². The lowest BCUT2D eigenvalue weighted by Crippen LogP contribution is -2.01. The standard InChI is InChI=1S/C17H11Cl2NO4/c18-12-3-1-2-9(15(12)19)16-11(7-14(21)22)10-6-8(17(23)24)4-5-13(10)20-16/h1-6,20H,7H2,(H,21,22)(H,23,24). The van der Waals surface area contributed by atoms with Gasteiger partial charge in [-0.3, -0.25) is 4.79 Å². The molecule has 0 aliphatic rings. The molecule has 0 atom stereocenters. The van der Waals surface area contributed by atoms with Crippen LogP contribution in [-0.2, 0) is 11.2 Å². The van der Waals surface area contributed by atoms with E-state index in [-0.39, 0.29) is 12.0 Å². The molecular weight excluding hydrogens is 353 g/mol. The maximum absolute atomic E-state index is 11.3. The van der Waals surface area contributed by atoms with Crippen LogP contribution in [0.2, 0.25) is 10.0 Å². The molecule has 5 nitrogen and oxygen atoms in total. The molecule has 7 heteroatoms. The second-order valence-electron chi connectivity index (χ2n) is 5.22. The van der Waals surface area contributed by atoms with E-state index in [1.807, 2.05) is 0 Å². The van der Waals surface area contributed by atoms with E-state index in [1.54, 1.807) is 24.3 Å². The van der Waals surface area contributed by atoms with E-state index in [4.69, 9.17) is 28.3 Å². The Morgan fingerprint density at radius 2 is 1.83 bits per heavy atom. The first-order valence-electron chi connectivity index (χ1n) is 6.92. The van der Waals surface area contributed by atoms with E-state index in [2.05, 4.69) is 4.98 Å². The van der Waals surface area contributed by atoms with Gasteiger partial charge in [-0.15, -0.1) is 0 Å². The van der Waals surface area contributed by atoms with Gasteiger partial charge in [0.05, 0.1) is 27.7 Å². The minimum Gasteiger partial charge on any atom is -0.481 e. The molecule has 1 heterocycles. The minimum absolute atomic E-state index is 0.0804. The number of hydrogen-bond acceptors (Lipinski definition) is 2. The molecule has 3 N–H and O–H groups in total. The number of aromatic amines is 1. The van der Waals surface area contributed by atoms with Crippen LogP contribution in [0.25, 0.3) is 22.2 Å². The molecular formula is C17H11Cl2NO4. The third kappa shape index (κ3) is 2.84. The molecule has 0 spiro atoms. The van der Waals surface area contributed by atoms with Crippen LogP contribution in [0.5, 0.6) is 0 Å². The second-order valence-corrected chi connectivity index (χ2v) is 6.00. The summed E-state index contributed by atoms with van der Waals surface area (Å²) in [6, 6.07) is 9.58. The first kappa shape index (κ1) is 16.4. The van der Waals surface area contributed by atoms with E-state index in [9.17, 15) is 14.7 Å². The lowest BCUT2D eigenvalue weighted by Gasteiger charge is -2.07. The molecule has 3 aromatic rings.